The van der Waals surface area contributed by atoms with Gasteiger partial charge in [-0.15, -0.1) is 0 Å². The van der Waals surface area contributed by atoms with Crippen molar-refractivity contribution in [1.29, 1.82) is 0 Å². The minimum absolute atomic E-state index is 0.394. The van der Waals surface area contributed by atoms with Crippen molar-refractivity contribution in [2.75, 3.05) is 31.6 Å². The van der Waals surface area contributed by atoms with Crippen LogP contribution in [-0.4, -0.2) is 47.9 Å². The Labute approximate surface area is 171 Å². The lowest BCUT2D eigenvalue weighted by atomic mass is 9.96. The van der Waals surface area contributed by atoms with E-state index in [-0.39, 0.29) is 0 Å². The van der Waals surface area contributed by atoms with Crippen LogP contribution in [0.1, 0.15) is 25.3 Å². The van der Waals surface area contributed by atoms with Crippen molar-refractivity contribution in [3.8, 4) is 5.75 Å². The van der Waals surface area contributed by atoms with Crippen LogP contribution in [0.15, 0.2) is 48.8 Å². The zero-order valence-electron chi connectivity index (χ0n) is 16.8. The molecule has 0 spiro atoms. The monoisotopic (exact) mass is 396 g/mol. The fourth-order valence-corrected chi connectivity index (χ4v) is 3.40. The summed E-state index contributed by atoms with van der Waals surface area (Å²) in [6.07, 6.45) is 5.64. The quantitative estimate of drug-likeness (QED) is 0.703. The number of hydrogen-bond acceptors (Lipinski definition) is 5. The molecule has 0 aliphatic carbocycles. The number of ether oxygens (including phenoxy) is 1. The van der Waals surface area contributed by atoms with Crippen LogP contribution in [0.2, 0.25) is 0 Å². The number of hydrogen-bond donors (Lipinski definition) is 2. The fourth-order valence-electron chi connectivity index (χ4n) is 3.40. The van der Waals surface area contributed by atoms with Gasteiger partial charge in [0.2, 0.25) is 0 Å². The van der Waals surface area contributed by atoms with Gasteiger partial charge in [-0.2, -0.15) is 0 Å². The Hall–Kier alpha value is -2.93. The van der Waals surface area contributed by atoms with Gasteiger partial charge in [0.25, 0.3) is 0 Å². The van der Waals surface area contributed by atoms with Crippen LogP contribution in [0.4, 0.5) is 5.69 Å². The van der Waals surface area contributed by atoms with Gasteiger partial charge >= 0.3 is 11.8 Å². The highest BCUT2D eigenvalue weighted by Gasteiger charge is 2.21. The topological polar surface area (TPSA) is 83.6 Å². The molecule has 1 fully saturated rings. The third kappa shape index (κ3) is 6.57. The summed E-state index contributed by atoms with van der Waals surface area (Å²) >= 11 is 0. The lowest BCUT2D eigenvalue weighted by Gasteiger charge is -2.32. The van der Waals surface area contributed by atoms with E-state index in [1.165, 1.54) is 5.56 Å². The number of carbonyl (C=O) groups is 2. The fraction of sp³-hybridized carbons (Fsp3) is 0.409. The summed E-state index contributed by atoms with van der Waals surface area (Å²) in [5.41, 5.74) is 1.83. The predicted molar refractivity (Wildman–Crippen MR) is 111 cm³/mol. The average molecular weight is 396 g/mol. The number of pyridine rings is 1. The molecule has 1 saturated heterocycles. The summed E-state index contributed by atoms with van der Waals surface area (Å²) < 4.78 is 5.36. The minimum atomic E-state index is -0.649. The standard InChI is InChI=1S/C22H28N4O3/c1-2-29-20-5-3-19(4-6-20)25-22(28)21(27)24-15-17-9-13-26(14-10-17)16-18-7-11-23-12-8-18/h3-8,11-12,17H,2,9-10,13-16H2,1H3,(H,24,27)(H,25,28). The number of amides is 2. The Morgan fingerprint density at radius 1 is 1.07 bits per heavy atom. The van der Waals surface area contributed by atoms with Crippen molar-refractivity contribution in [1.82, 2.24) is 15.2 Å². The van der Waals surface area contributed by atoms with E-state index < -0.39 is 11.8 Å². The molecule has 1 aliphatic rings. The van der Waals surface area contributed by atoms with E-state index in [1.54, 1.807) is 24.3 Å². The third-order valence-electron chi connectivity index (χ3n) is 5.04. The highest BCUT2D eigenvalue weighted by atomic mass is 16.5. The molecule has 2 heterocycles. The van der Waals surface area contributed by atoms with Gasteiger partial charge in [0, 0.05) is 31.2 Å². The molecule has 2 aromatic rings. The highest BCUT2D eigenvalue weighted by molar-refractivity contribution is 6.39. The van der Waals surface area contributed by atoms with Gasteiger partial charge in [-0.1, -0.05) is 0 Å². The van der Waals surface area contributed by atoms with E-state index in [9.17, 15) is 9.59 Å². The van der Waals surface area contributed by atoms with Gasteiger partial charge in [0.15, 0.2) is 0 Å². The van der Waals surface area contributed by atoms with E-state index in [1.807, 2.05) is 31.5 Å². The van der Waals surface area contributed by atoms with Crippen LogP contribution in [0, 0.1) is 5.92 Å². The number of carbonyl (C=O) groups excluding carboxylic acids is 2. The molecule has 1 aliphatic heterocycles. The maximum absolute atomic E-state index is 12.1. The molecular weight excluding hydrogens is 368 g/mol. The number of nitrogens with one attached hydrogen (secondary N) is 2. The van der Waals surface area contributed by atoms with Crippen LogP contribution < -0.4 is 15.4 Å². The van der Waals surface area contributed by atoms with Crippen LogP contribution in [0.3, 0.4) is 0 Å². The smallest absolute Gasteiger partial charge is 0.313 e. The zero-order chi connectivity index (χ0) is 20.5. The zero-order valence-corrected chi connectivity index (χ0v) is 16.8. The number of rotatable bonds is 7. The van der Waals surface area contributed by atoms with Crippen LogP contribution in [-0.2, 0) is 16.1 Å². The Kier molecular flexibility index (Phi) is 7.58. The van der Waals surface area contributed by atoms with Gasteiger partial charge in [0.1, 0.15) is 5.75 Å². The molecule has 2 N–H and O–H groups in total. The van der Waals surface area contributed by atoms with E-state index in [2.05, 4.69) is 20.5 Å². The first-order valence-electron chi connectivity index (χ1n) is 10.1. The first-order valence-corrected chi connectivity index (χ1v) is 10.1. The van der Waals surface area contributed by atoms with Crippen molar-refractivity contribution >= 4 is 17.5 Å². The second-order valence-electron chi connectivity index (χ2n) is 7.20. The largest absolute Gasteiger partial charge is 0.494 e. The average Bonchev–Trinajstić information content (AvgIpc) is 2.75. The number of anilines is 1. The van der Waals surface area contributed by atoms with E-state index >= 15 is 0 Å². The first-order chi connectivity index (χ1) is 14.1. The lowest BCUT2D eigenvalue weighted by molar-refractivity contribution is -0.136. The summed E-state index contributed by atoms with van der Waals surface area (Å²) in [4.78, 5) is 30.6. The van der Waals surface area contributed by atoms with Gasteiger partial charge in [-0.05, 0) is 80.7 Å². The van der Waals surface area contributed by atoms with Crippen molar-refractivity contribution in [2.24, 2.45) is 5.92 Å². The number of nitrogens with zero attached hydrogens (tertiary/aromatic N) is 2. The van der Waals surface area contributed by atoms with Crippen molar-refractivity contribution < 1.29 is 14.3 Å². The maximum Gasteiger partial charge on any atom is 0.313 e. The molecule has 0 atom stereocenters. The van der Waals surface area contributed by atoms with E-state index in [4.69, 9.17) is 4.74 Å². The SMILES string of the molecule is CCOc1ccc(NC(=O)C(=O)NCC2CCN(Cc3ccncc3)CC2)cc1. The molecule has 0 unspecified atom stereocenters. The van der Waals surface area contributed by atoms with Gasteiger partial charge in [-0.25, -0.2) is 0 Å². The summed E-state index contributed by atoms with van der Waals surface area (Å²) in [7, 11) is 0. The second kappa shape index (κ2) is 10.6. The minimum Gasteiger partial charge on any atom is -0.494 e. The number of piperidine rings is 1. The molecule has 3 rings (SSSR count). The molecule has 0 bridgehead atoms. The second-order valence-corrected chi connectivity index (χ2v) is 7.20. The summed E-state index contributed by atoms with van der Waals surface area (Å²) in [6.45, 7) is 5.91. The number of likely N-dealkylation sites (tertiary alicyclic amines) is 1. The summed E-state index contributed by atoms with van der Waals surface area (Å²) in [5.74, 6) is -0.126. The Morgan fingerprint density at radius 2 is 1.76 bits per heavy atom. The molecule has 7 heteroatoms. The molecule has 0 radical (unpaired) electrons. The Balaban J connectivity index is 1.36. The number of aromatic nitrogens is 1. The van der Waals surface area contributed by atoms with Crippen molar-refractivity contribution in [3.63, 3.8) is 0 Å². The predicted octanol–water partition coefficient (Wildman–Crippen LogP) is 2.45. The van der Waals surface area contributed by atoms with Gasteiger partial charge < -0.3 is 15.4 Å². The molecule has 154 valence electrons. The van der Waals surface area contributed by atoms with Gasteiger partial charge in [0.05, 0.1) is 6.61 Å². The maximum atomic E-state index is 12.1. The Morgan fingerprint density at radius 3 is 2.41 bits per heavy atom. The molecular formula is C22H28N4O3. The third-order valence-corrected chi connectivity index (χ3v) is 5.04. The normalized spacial score (nSPS) is 14.9. The van der Waals surface area contributed by atoms with Crippen LogP contribution in [0.25, 0.3) is 0 Å². The van der Waals surface area contributed by atoms with Crippen molar-refractivity contribution in [2.45, 2.75) is 26.3 Å². The van der Waals surface area contributed by atoms with Crippen molar-refractivity contribution in [3.05, 3.63) is 54.4 Å². The Bertz CT molecular complexity index is 787. The van der Waals surface area contributed by atoms with Gasteiger partial charge in [-0.3, -0.25) is 19.5 Å². The van der Waals surface area contributed by atoms with Crippen LogP contribution in [0.5, 0.6) is 5.75 Å². The summed E-state index contributed by atoms with van der Waals surface area (Å²) in [5, 5.41) is 5.38. The molecule has 7 nitrogen and oxygen atoms in total. The molecule has 1 aromatic carbocycles. The van der Waals surface area contributed by atoms with E-state index in [0.29, 0.717) is 24.8 Å². The molecule has 1 aromatic heterocycles. The molecule has 0 saturated carbocycles. The molecule has 2 amide bonds. The first kappa shape index (κ1) is 20.8. The highest BCUT2D eigenvalue weighted by Crippen LogP contribution is 2.18. The van der Waals surface area contributed by atoms with Crippen LogP contribution >= 0.6 is 0 Å². The number of benzene rings is 1. The van der Waals surface area contributed by atoms with E-state index in [0.717, 1.165) is 38.2 Å². The summed E-state index contributed by atoms with van der Waals surface area (Å²) in [6, 6.07) is 11.0. The lowest BCUT2D eigenvalue weighted by Crippen LogP contribution is -2.41. The molecule has 29 heavy (non-hydrogen) atoms.